The predicted molar refractivity (Wildman–Crippen MR) is 109 cm³/mol. The van der Waals surface area contributed by atoms with Crippen LogP contribution in [-0.4, -0.2) is 65.7 Å². The fourth-order valence-corrected chi connectivity index (χ4v) is 3.16. The third-order valence-electron chi connectivity index (χ3n) is 4.12. The zero-order chi connectivity index (χ0) is 22.8. The van der Waals surface area contributed by atoms with Crippen LogP contribution in [-0.2, 0) is 32.7 Å². The number of aliphatic hydroxyl groups is 2. The summed E-state index contributed by atoms with van der Waals surface area (Å²) in [4.78, 5) is 32.7. The topological polar surface area (TPSA) is 149 Å². The van der Waals surface area contributed by atoms with Crippen LogP contribution < -0.4 is 0 Å². The molecule has 0 spiro atoms. The lowest BCUT2D eigenvalue weighted by molar-refractivity contribution is -0.153. The monoisotopic (exact) mass is 456 g/mol. The van der Waals surface area contributed by atoms with Crippen LogP contribution in [0, 0.1) is 0 Å². The number of phosphoric acid groups is 1. The van der Waals surface area contributed by atoms with Crippen molar-refractivity contribution < 1.29 is 47.8 Å². The van der Waals surface area contributed by atoms with E-state index in [2.05, 4.69) is 11.4 Å². The first kappa shape index (κ1) is 29.0. The largest absolute Gasteiger partial charge is 0.472 e. The first-order chi connectivity index (χ1) is 14.3. The second-order valence-electron chi connectivity index (χ2n) is 6.87. The van der Waals surface area contributed by atoms with E-state index in [1.165, 1.54) is 19.3 Å². The molecule has 0 amide bonds. The summed E-state index contributed by atoms with van der Waals surface area (Å²) in [6.07, 6.45) is 5.38. The molecule has 0 saturated carbocycles. The lowest BCUT2D eigenvalue weighted by Gasteiger charge is -2.20. The lowest BCUT2D eigenvalue weighted by Crippen LogP contribution is -2.28. The van der Waals surface area contributed by atoms with Crippen molar-refractivity contribution in [3.05, 3.63) is 0 Å². The average molecular weight is 456 g/mol. The maximum atomic E-state index is 11.9. The van der Waals surface area contributed by atoms with Crippen LogP contribution in [0.15, 0.2) is 0 Å². The molecule has 10 nitrogen and oxygen atoms in total. The first-order valence-corrected chi connectivity index (χ1v) is 12.0. The van der Waals surface area contributed by atoms with Gasteiger partial charge in [0, 0.05) is 12.8 Å². The van der Waals surface area contributed by atoms with E-state index in [4.69, 9.17) is 19.1 Å². The van der Waals surface area contributed by atoms with Gasteiger partial charge in [-0.3, -0.25) is 18.6 Å². The van der Waals surface area contributed by atoms with Crippen LogP contribution in [0.2, 0.25) is 0 Å². The Morgan fingerprint density at radius 1 is 0.800 bits per heavy atom. The highest BCUT2D eigenvalue weighted by Crippen LogP contribution is 2.43. The Balaban J connectivity index is 4.16. The number of carbonyl (C=O) groups is 2. The summed E-state index contributed by atoms with van der Waals surface area (Å²) in [5.41, 5.74) is 0. The number of carbonyl (C=O) groups excluding carboxylic acids is 2. The number of rotatable bonds is 19. The molecule has 178 valence electrons. The minimum absolute atomic E-state index is 0.0756. The highest BCUT2D eigenvalue weighted by atomic mass is 31.2. The maximum Gasteiger partial charge on any atom is 0.472 e. The number of hydrogen-bond donors (Lipinski definition) is 3. The van der Waals surface area contributed by atoms with E-state index in [1.54, 1.807) is 6.92 Å². The molecule has 3 atom stereocenters. The summed E-state index contributed by atoms with van der Waals surface area (Å²) in [5, 5.41) is 18.4. The van der Waals surface area contributed by atoms with Gasteiger partial charge in [-0.15, -0.1) is 0 Å². The molecule has 0 bridgehead atoms. The van der Waals surface area contributed by atoms with Gasteiger partial charge in [-0.25, -0.2) is 4.57 Å². The summed E-state index contributed by atoms with van der Waals surface area (Å²) in [5.74, 6) is -1.12. The number of ether oxygens (including phenoxy) is 2. The smallest absolute Gasteiger partial charge is 0.457 e. The fourth-order valence-electron chi connectivity index (χ4n) is 2.38. The lowest BCUT2D eigenvalue weighted by atomic mass is 10.1. The number of unbranched alkanes of at least 4 members (excludes halogenated alkanes) is 6. The van der Waals surface area contributed by atoms with Crippen LogP contribution in [0.4, 0.5) is 0 Å². The summed E-state index contributed by atoms with van der Waals surface area (Å²) in [6.45, 7) is 1.41. The van der Waals surface area contributed by atoms with Crippen LogP contribution in [0.3, 0.4) is 0 Å². The highest BCUT2D eigenvalue weighted by molar-refractivity contribution is 7.47. The summed E-state index contributed by atoms with van der Waals surface area (Å²) >= 11 is 0. The Morgan fingerprint density at radius 3 is 1.73 bits per heavy atom. The molecule has 0 rings (SSSR count). The van der Waals surface area contributed by atoms with Crippen molar-refractivity contribution in [3.63, 3.8) is 0 Å². The highest BCUT2D eigenvalue weighted by Gasteiger charge is 2.27. The van der Waals surface area contributed by atoms with Gasteiger partial charge in [0.15, 0.2) is 0 Å². The molecule has 0 aromatic heterocycles. The van der Waals surface area contributed by atoms with Crippen molar-refractivity contribution in [2.24, 2.45) is 0 Å². The van der Waals surface area contributed by atoms with Gasteiger partial charge in [-0.05, 0) is 6.42 Å². The second-order valence-corrected chi connectivity index (χ2v) is 8.33. The molecule has 0 aliphatic carbocycles. The maximum absolute atomic E-state index is 11.9. The van der Waals surface area contributed by atoms with Crippen molar-refractivity contribution in [2.75, 3.05) is 26.4 Å². The Bertz CT molecular complexity index is 514. The Kier molecular flexibility index (Phi) is 17.0. The average Bonchev–Trinajstić information content (AvgIpc) is 2.73. The molecular weight excluding hydrogens is 419 g/mol. The molecule has 11 heteroatoms. The van der Waals surface area contributed by atoms with Crippen molar-refractivity contribution in [3.8, 4) is 0 Å². The minimum Gasteiger partial charge on any atom is -0.457 e. The number of hydrogen-bond acceptors (Lipinski definition) is 9. The van der Waals surface area contributed by atoms with E-state index in [9.17, 15) is 24.2 Å². The van der Waals surface area contributed by atoms with Crippen molar-refractivity contribution in [1.82, 2.24) is 0 Å². The van der Waals surface area contributed by atoms with E-state index in [0.29, 0.717) is 6.42 Å². The molecule has 0 aliphatic heterocycles. The molecule has 0 fully saturated rings. The van der Waals surface area contributed by atoms with Crippen molar-refractivity contribution in [2.45, 2.75) is 83.8 Å². The quantitative estimate of drug-likeness (QED) is 0.150. The van der Waals surface area contributed by atoms with E-state index in [1.807, 2.05) is 0 Å². The molecule has 3 N–H and O–H groups in total. The predicted octanol–water partition coefficient (Wildman–Crippen LogP) is 2.48. The van der Waals surface area contributed by atoms with E-state index < -0.39 is 58.4 Å². The molecule has 0 aliphatic rings. The minimum atomic E-state index is -4.57. The molecule has 0 aromatic carbocycles. The van der Waals surface area contributed by atoms with Gasteiger partial charge < -0.3 is 24.6 Å². The molecule has 0 aromatic rings. The SMILES string of the molecule is CCCCCCCCCC(=O)OC(CO)COP(=O)(O)OCC(CO)OC(=O)CC. The first-order valence-electron chi connectivity index (χ1n) is 10.5. The molecule has 0 saturated heterocycles. The van der Waals surface area contributed by atoms with Crippen molar-refractivity contribution >= 4 is 19.8 Å². The van der Waals surface area contributed by atoms with Gasteiger partial charge in [-0.1, -0.05) is 52.4 Å². The zero-order valence-electron chi connectivity index (χ0n) is 18.0. The Hall–Kier alpha value is -1.03. The van der Waals surface area contributed by atoms with Gasteiger partial charge in [0.1, 0.15) is 12.2 Å². The van der Waals surface area contributed by atoms with Crippen LogP contribution in [0.5, 0.6) is 0 Å². The van der Waals surface area contributed by atoms with Crippen molar-refractivity contribution in [1.29, 1.82) is 0 Å². The Labute approximate surface area is 178 Å². The molecule has 30 heavy (non-hydrogen) atoms. The summed E-state index contributed by atoms with van der Waals surface area (Å²) in [6, 6.07) is 0. The van der Waals surface area contributed by atoms with Gasteiger partial charge in [0.25, 0.3) is 0 Å². The molecule has 0 heterocycles. The van der Waals surface area contributed by atoms with Gasteiger partial charge >= 0.3 is 19.8 Å². The zero-order valence-corrected chi connectivity index (χ0v) is 18.9. The molecular formula is C19H37O10P. The molecule has 3 unspecified atom stereocenters. The van der Waals surface area contributed by atoms with Gasteiger partial charge in [-0.2, -0.15) is 0 Å². The number of phosphoric ester groups is 1. The van der Waals surface area contributed by atoms with E-state index >= 15 is 0 Å². The normalized spacial score (nSPS) is 15.2. The number of aliphatic hydroxyl groups excluding tert-OH is 2. The summed E-state index contributed by atoms with van der Waals surface area (Å²) < 4.78 is 31.1. The second kappa shape index (κ2) is 17.6. The summed E-state index contributed by atoms with van der Waals surface area (Å²) in [7, 11) is -4.57. The third-order valence-corrected chi connectivity index (χ3v) is 5.07. The Morgan fingerprint density at radius 2 is 1.27 bits per heavy atom. The van der Waals surface area contributed by atoms with E-state index in [-0.39, 0.29) is 12.8 Å². The number of esters is 2. The van der Waals surface area contributed by atoms with E-state index in [0.717, 1.165) is 19.3 Å². The van der Waals surface area contributed by atoms with Gasteiger partial charge in [0.05, 0.1) is 26.4 Å². The van der Waals surface area contributed by atoms with Crippen LogP contribution in [0.25, 0.3) is 0 Å². The van der Waals surface area contributed by atoms with Gasteiger partial charge in [0.2, 0.25) is 0 Å². The fraction of sp³-hybridized carbons (Fsp3) is 0.895. The third kappa shape index (κ3) is 15.8. The van der Waals surface area contributed by atoms with Crippen LogP contribution in [0.1, 0.15) is 71.6 Å². The van der Waals surface area contributed by atoms with Crippen LogP contribution >= 0.6 is 7.82 Å². The molecule has 0 radical (unpaired) electrons. The standard InChI is InChI=1S/C19H37O10P/c1-3-5-6-7-8-9-10-11-19(23)29-17(13-21)15-27-30(24,25)26-14-16(12-20)28-18(22)4-2/h16-17,20-21H,3-15H2,1-2H3,(H,24,25).